The summed E-state index contributed by atoms with van der Waals surface area (Å²) in [6, 6.07) is 1.92. The Hall–Kier alpha value is -0.790. The molecule has 1 heterocycles. The highest BCUT2D eigenvalue weighted by Crippen LogP contribution is 2.20. The smallest absolute Gasteiger partial charge is 0.0680 e. The molecule has 0 aliphatic heterocycles. The second kappa shape index (κ2) is 2.36. The fourth-order valence-corrected chi connectivity index (χ4v) is 0.848. The van der Waals surface area contributed by atoms with Crippen LogP contribution in [0.4, 0.5) is 0 Å². The highest BCUT2D eigenvalue weighted by atomic mass is 15.3. The van der Waals surface area contributed by atoms with Crippen LogP contribution in [0.1, 0.15) is 32.2 Å². The summed E-state index contributed by atoms with van der Waals surface area (Å²) in [5.74, 6) is 0. The highest BCUT2D eigenvalue weighted by Gasteiger charge is 2.17. The lowest BCUT2D eigenvalue weighted by Crippen LogP contribution is -2.12. The van der Waals surface area contributed by atoms with Crippen molar-refractivity contribution in [3.8, 4) is 0 Å². The molecule has 0 N–H and O–H groups in total. The quantitative estimate of drug-likeness (QED) is 0.551. The molecule has 1 rings (SSSR count). The Bertz CT molecular complexity index is 234. The first-order chi connectivity index (χ1) is 4.91. The van der Waals surface area contributed by atoms with E-state index in [9.17, 15) is 0 Å². The molecule has 2 radical (unpaired) electrons. The van der Waals surface area contributed by atoms with Crippen molar-refractivity contribution in [2.24, 2.45) is 7.05 Å². The third-order valence-electron chi connectivity index (χ3n) is 1.68. The summed E-state index contributed by atoms with van der Waals surface area (Å²) < 4.78 is 1.70. The fraction of sp³-hybridized carbons (Fsp3) is 0.556. The minimum Gasteiger partial charge on any atom is -0.272 e. The van der Waals surface area contributed by atoms with Crippen LogP contribution in [0, 0.1) is 6.92 Å². The molecule has 0 unspecified atom stereocenters. The van der Waals surface area contributed by atoms with E-state index in [-0.39, 0.29) is 5.41 Å². The van der Waals surface area contributed by atoms with Gasteiger partial charge in [0, 0.05) is 25.1 Å². The zero-order valence-electron chi connectivity index (χ0n) is 7.55. The predicted molar refractivity (Wildman–Crippen MR) is 45.3 cm³/mol. The molecule has 0 bridgehead atoms. The van der Waals surface area contributed by atoms with Crippen LogP contribution < -0.4 is 0 Å². The lowest BCUT2D eigenvalue weighted by atomic mass is 9.92. The van der Waals surface area contributed by atoms with E-state index >= 15 is 0 Å². The molecule has 0 fully saturated rings. The van der Waals surface area contributed by atoms with Crippen LogP contribution in [0.25, 0.3) is 0 Å². The van der Waals surface area contributed by atoms with Crippen LogP contribution in [0.5, 0.6) is 0 Å². The van der Waals surface area contributed by atoms with Crippen molar-refractivity contribution in [3.05, 3.63) is 24.4 Å². The van der Waals surface area contributed by atoms with E-state index in [0.29, 0.717) is 0 Å². The Morgan fingerprint density at radius 1 is 1.45 bits per heavy atom. The molecule has 0 saturated heterocycles. The lowest BCUT2D eigenvalue weighted by Gasteiger charge is -2.13. The zero-order valence-corrected chi connectivity index (χ0v) is 7.55. The number of aryl methyl sites for hydroxylation is 1. The molecule has 11 heavy (non-hydrogen) atoms. The summed E-state index contributed by atoms with van der Waals surface area (Å²) in [6.07, 6.45) is 0. The van der Waals surface area contributed by atoms with Crippen molar-refractivity contribution < 1.29 is 0 Å². The molecule has 0 saturated carbocycles. The van der Waals surface area contributed by atoms with Crippen molar-refractivity contribution in [3.63, 3.8) is 0 Å². The second-order valence-corrected chi connectivity index (χ2v) is 3.83. The van der Waals surface area contributed by atoms with Gasteiger partial charge in [-0.25, -0.2) is 0 Å². The fourth-order valence-electron chi connectivity index (χ4n) is 0.848. The maximum absolute atomic E-state index is 5.64. The highest BCUT2D eigenvalue weighted by molar-refractivity contribution is 5.18. The summed E-state index contributed by atoms with van der Waals surface area (Å²) in [6.45, 7) is 12.0. The molecule has 2 heteroatoms. The van der Waals surface area contributed by atoms with Gasteiger partial charge < -0.3 is 0 Å². The first-order valence-electron chi connectivity index (χ1n) is 3.71. The van der Waals surface area contributed by atoms with Gasteiger partial charge in [-0.2, -0.15) is 5.10 Å². The van der Waals surface area contributed by atoms with Crippen LogP contribution >= 0.6 is 0 Å². The number of hydrogen-bond donors (Lipinski definition) is 0. The molecule has 60 valence electrons. The standard InChI is InChI=1S/C9H14N2/c1-7-6-8(9(2,3)4)10-11(7)5/h1,6H,2-5H3. The van der Waals surface area contributed by atoms with E-state index in [1.165, 1.54) is 0 Å². The lowest BCUT2D eigenvalue weighted by molar-refractivity contribution is 0.552. The van der Waals surface area contributed by atoms with Gasteiger partial charge in [0.1, 0.15) is 0 Å². The Kier molecular flexibility index (Phi) is 1.78. The molecule has 0 amide bonds. The molecule has 0 aliphatic rings. The van der Waals surface area contributed by atoms with Crippen molar-refractivity contribution in [1.29, 1.82) is 0 Å². The molecule has 0 spiro atoms. The van der Waals surface area contributed by atoms with Crippen molar-refractivity contribution in [1.82, 2.24) is 9.78 Å². The van der Waals surface area contributed by atoms with E-state index in [1.54, 1.807) is 4.68 Å². The minimum absolute atomic E-state index is 0.0926. The second-order valence-electron chi connectivity index (χ2n) is 3.83. The minimum atomic E-state index is 0.0926. The first-order valence-corrected chi connectivity index (χ1v) is 3.71. The molecular formula is C9H14N2. The molecule has 0 aliphatic carbocycles. The number of hydrogen-bond acceptors (Lipinski definition) is 1. The average molecular weight is 150 g/mol. The molecule has 2 nitrogen and oxygen atoms in total. The summed E-state index contributed by atoms with van der Waals surface area (Å²) in [7, 11) is 1.85. The van der Waals surface area contributed by atoms with Gasteiger partial charge in [0.25, 0.3) is 0 Å². The van der Waals surface area contributed by atoms with Gasteiger partial charge >= 0.3 is 0 Å². The number of rotatable bonds is 0. The Morgan fingerprint density at radius 3 is 2.18 bits per heavy atom. The van der Waals surface area contributed by atoms with Crippen molar-refractivity contribution >= 4 is 0 Å². The summed E-state index contributed by atoms with van der Waals surface area (Å²) in [4.78, 5) is 0. The Balaban J connectivity index is 3.08. The monoisotopic (exact) mass is 150 g/mol. The molecule has 1 aromatic heterocycles. The Morgan fingerprint density at radius 2 is 2.00 bits per heavy atom. The van der Waals surface area contributed by atoms with Gasteiger partial charge in [-0.3, -0.25) is 4.68 Å². The molecule has 0 atom stereocenters. The normalized spacial score (nSPS) is 12.1. The van der Waals surface area contributed by atoms with Gasteiger partial charge in [0.2, 0.25) is 0 Å². The summed E-state index contributed by atoms with van der Waals surface area (Å²) in [5.41, 5.74) is 1.85. The van der Waals surface area contributed by atoms with Gasteiger partial charge in [-0.05, 0) is 6.07 Å². The van der Waals surface area contributed by atoms with Gasteiger partial charge in [-0.15, -0.1) is 0 Å². The van der Waals surface area contributed by atoms with Crippen LogP contribution in [0.2, 0.25) is 0 Å². The first kappa shape index (κ1) is 8.31. The average Bonchev–Trinajstić information content (AvgIpc) is 2.11. The SMILES string of the molecule is [CH]c1cc(C(C)(C)C)nn1C. The molecule has 1 aromatic rings. The largest absolute Gasteiger partial charge is 0.272 e. The van der Waals surface area contributed by atoms with Crippen molar-refractivity contribution in [2.75, 3.05) is 0 Å². The molecular weight excluding hydrogens is 136 g/mol. The van der Waals surface area contributed by atoms with Crippen LogP contribution in [-0.4, -0.2) is 9.78 Å². The Labute approximate surface area is 68.2 Å². The maximum atomic E-state index is 5.64. The third-order valence-corrected chi connectivity index (χ3v) is 1.68. The number of nitrogens with zero attached hydrogens (tertiary/aromatic N) is 2. The number of aromatic nitrogens is 2. The van der Waals surface area contributed by atoms with Gasteiger partial charge in [-0.1, -0.05) is 20.8 Å². The summed E-state index contributed by atoms with van der Waals surface area (Å²) >= 11 is 0. The van der Waals surface area contributed by atoms with E-state index in [1.807, 2.05) is 13.1 Å². The van der Waals surface area contributed by atoms with E-state index in [4.69, 9.17) is 6.92 Å². The third kappa shape index (κ3) is 1.62. The van der Waals surface area contributed by atoms with E-state index in [0.717, 1.165) is 11.4 Å². The maximum Gasteiger partial charge on any atom is 0.0680 e. The van der Waals surface area contributed by atoms with E-state index < -0.39 is 0 Å². The van der Waals surface area contributed by atoms with Crippen LogP contribution in [-0.2, 0) is 12.5 Å². The van der Waals surface area contributed by atoms with Gasteiger partial charge in [0.05, 0.1) is 5.69 Å². The van der Waals surface area contributed by atoms with E-state index in [2.05, 4.69) is 25.9 Å². The van der Waals surface area contributed by atoms with Crippen LogP contribution in [0.15, 0.2) is 6.07 Å². The van der Waals surface area contributed by atoms with Crippen LogP contribution in [0.3, 0.4) is 0 Å². The predicted octanol–water partition coefficient (Wildman–Crippen LogP) is 1.78. The topological polar surface area (TPSA) is 17.8 Å². The zero-order chi connectivity index (χ0) is 8.65. The molecule has 0 aromatic carbocycles. The van der Waals surface area contributed by atoms with Gasteiger partial charge in [0.15, 0.2) is 0 Å². The van der Waals surface area contributed by atoms with Crippen molar-refractivity contribution in [2.45, 2.75) is 26.2 Å². The summed E-state index contributed by atoms with van der Waals surface area (Å²) in [5, 5.41) is 4.27.